The Hall–Kier alpha value is -3.98. The van der Waals surface area contributed by atoms with Crippen molar-refractivity contribution in [2.75, 3.05) is 13.6 Å². The number of hydrogen-bond acceptors (Lipinski definition) is 3. The minimum atomic E-state index is -0.320. The van der Waals surface area contributed by atoms with Gasteiger partial charge in [0.2, 0.25) is 0 Å². The van der Waals surface area contributed by atoms with Crippen molar-refractivity contribution in [3.8, 4) is 6.07 Å². The van der Waals surface area contributed by atoms with E-state index < -0.39 is 0 Å². The van der Waals surface area contributed by atoms with E-state index in [9.17, 15) is 19.2 Å². The van der Waals surface area contributed by atoms with Gasteiger partial charge in [-0.2, -0.15) is 5.26 Å². The zero-order valence-corrected chi connectivity index (χ0v) is 17.1. The second kappa shape index (κ2) is 10.2. The third-order valence-electron chi connectivity index (χ3n) is 5.09. The van der Waals surface area contributed by atoms with Crippen molar-refractivity contribution in [3.63, 3.8) is 0 Å². The molecule has 6 heteroatoms. The number of hydrogen-bond donors (Lipinski definition) is 2. The molecule has 0 saturated carbocycles. The molecule has 3 aromatic rings. The molecule has 3 rings (SSSR count). The average Bonchev–Trinajstić information content (AvgIpc) is 2.82. The molecule has 31 heavy (non-hydrogen) atoms. The van der Waals surface area contributed by atoms with Crippen LogP contribution in [0.3, 0.4) is 0 Å². The third kappa shape index (κ3) is 5.34. The lowest BCUT2D eigenvalue weighted by atomic mass is 9.88. The molecule has 2 N–H and O–H groups in total. The summed E-state index contributed by atoms with van der Waals surface area (Å²) >= 11 is 0. The number of rotatable bonds is 7. The van der Waals surface area contributed by atoms with Crippen molar-refractivity contribution in [2.45, 2.75) is 12.3 Å². The highest BCUT2D eigenvalue weighted by Crippen LogP contribution is 2.28. The molecule has 0 aliphatic rings. The minimum Gasteiger partial charge on any atom is -0.355 e. The first-order valence-corrected chi connectivity index (χ1v) is 9.88. The van der Waals surface area contributed by atoms with Gasteiger partial charge in [-0.3, -0.25) is 9.59 Å². The Morgan fingerprint density at radius 1 is 0.935 bits per heavy atom. The van der Waals surface area contributed by atoms with E-state index in [4.69, 9.17) is 0 Å². The molecular weight excluding hydrogens is 393 g/mol. The molecule has 1 atom stereocenters. The second-order valence-corrected chi connectivity index (χ2v) is 7.01. The van der Waals surface area contributed by atoms with E-state index in [1.165, 1.54) is 12.1 Å². The molecule has 0 heterocycles. The van der Waals surface area contributed by atoms with Gasteiger partial charge in [-0.25, -0.2) is 4.39 Å². The number of nitriles is 1. The minimum absolute atomic E-state index is 0.106. The van der Waals surface area contributed by atoms with Gasteiger partial charge in [0, 0.05) is 25.1 Å². The lowest BCUT2D eigenvalue weighted by Crippen LogP contribution is -2.26. The van der Waals surface area contributed by atoms with Crippen LogP contribution in [0.4, 0.5) is 4.39 Å². The maximum Gasteiger partial charge on any atom is 0.252 e. The van der Waals surface area contributed by atoms with Gasteiger partial charge in [-0.05, 0) is 53.9 Å². The summed E-state index contributed by atoms with van der Waals surface area (Å²) in [4.78, 5) is 24.3. The molecule has 0 bridgehead atoms. The third-order valence-corrected chi connectivity index (χ3v) is 5.09. The van der Waals surface area contributed by atoms with E-state index in [0.29, 0.717) is 29.7 Å². The highest BCUT2D eigenvalue weighted by atomic mass is 19.1. The van der Waals surface area contributed by atoms with E-state index in [1.807, 2.05) is 18.2 Å². The zero-order valence-electron chi connectivity index (χ0n) is 17.1. The van der Waals surface area contributed by atoms with Crippen LogP contribution in [0.1, 0.15) is 49.7 Å². The maximum absolute atomic E-state index is 13.4. The predicted octanol–water partition coefficient (Wildman–Crippen LogP) is 4.01. The molecule has 0 radical (unpaired) electrons. The Balaban J connectivity index is 1.77. The number of amides is 2. The summed E-state index contributed by atoms with van der Waals surface area (Å²) in [6.45, 7) is 0.359. The molecule has 3 aromatic carbocycles. The number of benzene rings is 3. The zero-order chi connectivity index (χ0) is 22.2. The first kappa shape index (κ1) is 21.7. The first-order valence-electron chi connectivity index (χ1n) is 9.88. The summed E-state index contributed by atoms with van der Waals surface area (Å²) in [6, 6.07) is 22.1. The summed E-state index contributed by atoms with van der Waals surface area (Å²) in [5, 5.41) is 14.6. The van der Waals surface area contributed by atoms with Crippen LogP contribution in [-0.2, 0) is 0 Å². The number of nitrogens with zero attached hydrogens (tertiary/aromatic N) is 1. The van der Waals surface area contributed by atoms with Crippen LogP contribution < -0.4 is 10.6 Å². The predicted molar refractivity (Wildman–Crippen MR) is 116 cm³/mol. The van der Waals surface area contributed by atoms with Gasteiger partial charge < -0.3 is 10.6 Å². The summed E-state index contributed by atoms with van der Waals surface area (Å²) < 4.78 is 13.4. The van der Waals surface area contributed by atoms with E-state index >= 15 is 0 Å². The van der Waals surface area contributed by atoms with Crippen LogP contribution >= 0.6 is 0 Å². The first-order chi connectivity index (χ1) is 15.0. The fourth-order valence-electron chi connectivity index (χ4n) is 3.44. The van der Waals surface area contributed by atoms with Crippen molar-refractivity contribution < 1.29 is 14.0 Å². The van der Waals surface area contributed by atoms with Crippen molar-refractivity contribution >= 4 is 11.8 Å². The average molecular weight is 415 g/mol. The van der Waals surface area contributed by atoms with Crippen LogP contribution in [0, 0.1) is 17.1 Å². The molecular formula is C25H22FN3O2. The molecule has 2 amide bonds. The Labute approximate surface area is 180 Å². The van der Waals surface area contributed by atoms with E-state index in [1.54, 1.807) is 55.6 Å². The summed E-state index contributed by atoms with van der Waals surface area (Å²) in [7, 11) is 1.57. The topological polar surface area (TPSA) is 82.0 Å². The molecule has 156 valence electrons. The van der Waals surface area contributed by atoms with Gasteiger partial charge in [-0.15, -0.1) is 0 Å². The Kier molecular flexibility index (Phi) is 7.13. The van der Waals surface area contributed by atoms with Gasteiger partial charge in [0.25, 0.3) is 11.8 Å². The maximum atomic E-state index is 13.4. The van der Waals surface area contributed by atoms with E-state index in [-0.39, 0.29) is 23.5 Å². The quantitative estimate of drug-likeness (QED) is 0.612. The van der Waals surface area contributed by atoms with Crippen LogP contribution in [-0.4, -0.2) is 25.4 Å². The monoisotopic (exact) mass is 415 g/mol. The molecule has 0 saturated heterocycles. The highest BCUT2D eigenvalue weighted by Gasteiger charge is 2.17. The van der Waals surface area contributed by atoms with Gasteiger partial charge in [0.15, 0.2) is 0 Å². The number of carbonyl (C=O) groups excluding carboxylic acids is 2. The Morgan fingerprint density at radius 2 is 1.55 bits per heavy atom. The van der Waals surface area contributed by atoms with Gasteiger partial charge >= 0.3 is 0 Å². The number of halogens is 1. The summed E-state index contributed by atoms with van der Waals surface area (Å²) in [5.41, 5.74) is 3.05. The Morgan fingerprint density at radius 3 is 2.16 bits per heavy atom. The summed E-state index contributed by atoms with van der Waals surface area (Å²) in [6.07, 6.45) is 0.561. The normalized spacial score (nSPS) is 11.3. The molecule has 0 aromatic heterocycles. The van der Waals surface area contributed by atoms with Crippen LogP contribution in [0.2, 0.25) is 0 Å². The molecule has 5 nitrogen and oxygen atoms in total. The molecule has 1 unspecified atom stereocenters. The molecule has 0 fully saturated rings. The van der Waals surface area contributed by atoms with Crippen molar-refractivity contribution in [2.24, 2.45) is 0 Å². The van der Waals surface area contributed by atoms with E-state index in [2.05, 4.69) is 10.6 Å². The van der Waals surface area contributed by atoms with Gasteiger partial charge in [0.1, 0.15) is 5.82 Å². The largest absolute Gasteiger partial charge is 0.355 e. The van der Waals surface area contributed by atoms with Gasteiger partial charge in [-0.1, -0.05) is 36.4 Å². The van der Waals surface area contributed by atoms with Crippen LogP contribution in [0.5, 0.6) is 0 Å². The Bertz CT molecular complexity index is 1100. The van der Waals surface area contributed by atoms with E-state index in [0.717, 1.165) is 11.1 Å². The van der Waals surface area contributed by atoms with Crippen LogP contribution in [0.25, 0.3) is 0 Å². The standard InChI is InChI=1S/C25H22FN3O2/c1-28-24(30)19-8-6-17(7-9-19)22(18-10-12-21(26)13-11-18)14-15-29-25(31)23-5-3-2-4-20(23)16-27/h2-13,22H,14-15H2,1H3,(H,28,30)(H,29,31). The SMILES string of the molecule is CNC(=O)c1ccc(C(CCNC(=O)c2ccccc2C#N)c2ccc(F)cc2)cc1. The summed E-state index contributed by atoms with van der Waals surface area (Å²) in [5.74, 6) is -0.914. The lowest BCUT2D eigenvalue weighted by Gasteiger charge is -2.19. The van der Waals surface area contributed by atoms with Gasteiger partial charge in [0.05, 0.1) is 17.2 Å². The molecule has 0 aliphatic heterocycles. The van der Waals surface area contributed by atoms with Crippen molar-refractivity contribution in [1.29, 1.82) is 5.26 Å². The number of nitrogens with one attached hydrogen (secondary N) is 2. The fraction of sp³-hybridized carbons (Fsp3) is 0.160. The lowest BCUT2D eigenvalue weighted by molar-refractivity contribution is 0.0948. The second-order valence-electron chi connectivity index (χ2n) is 7.01. The van der Waals surface area contributed by atoms with Crippen molar-refractivity contribution in [1.82, 2.24) is 10.6 Å². The van der Waals surface area contributed by atoms with Crippen LogP contribution in [0.15, 0.2) is 72.8 Å². The van der Waals surface area contributed by atoms with Crippen molar-refractivity contribution in [3.05, 3.63) is 106 Å². The smallest absolute Gasteiger partial charge is 0.252 e. The fourth-order valence-corrected chi connectivity index (χ4v) is 3.44. The molecule has 0 aliphatic carbocycles. The number of carbonyl (C=O) groups is 2. The molecule has 0 spiro atoms. The highest BCUT2D eigenvalue weighted by molar-refractivity contribution is 5.96.